The summed E-state index contributed by atoms with van der Waals surface area (Å²) in [6.45, 7) is 4.09. The molecule has 1 unspecified atom stereocenters. The molecule has 0 saturated heterocycles. The molecule has 1 aromatic heterocycles. The quantitative estimate of drug-likeness (QED) is 0.471. The van der Waals surface area contributed by atoms with Gasteiger partial charge in [-0.1, -0.05) is 37.2 Å². The van der Waals surface area contributed by atoms with Crippen LogP contribution in [0.3, 0.4) is 0 Å². The Hall–Kier alpha value is -3.74. The van der Waals surface area contributed by atoms with Crippen LogP contribution in [0.4, 0.5) is 0 Å². The molecule has 1 heterocycles. The molecule has 3 aromatic rings. The van der Waals surface area contributed by atoms with Gasteiger partial charge in [0.15, 0.2) is 6.61 Å². The second-order valence-electron chi connectivity index (χ2n) is 7.07. The van der Waals surface area contributed by atoms with Crippen LogP contribution < -0.4 is 10.1 Å². The highest BCUT2D eigenvalue weighted by molar-refractivity contribution is 5.69. The minimum absolute atomic E-state index is 0.0878. The first kappa shape index (κ1) is 23.9. The summed E-state index contributed by atoms with van der Waals surface area (Å²) in [4.78, 5) is 15.2. The summed E-state index contributed by atoms with van der Waals surface area (Å²) in [6, 6.07) is 12.8. The van der Waals surface area contributed by atoms with E-state index in [1.54, 1.807) is 6.07 Å². The van der Waals surface area contributed by atoms with Crippen molar-refractivity contribution in [2.75, 3.05) is 19.8 Å². The van der Waals surface area contributed by atoms with Crippen LogP contribution in [0.2, 0.25) is 0 Å². The van der Waals surface area contributed by atoms with Gasteiger partial charge in [-0.2, -0.15) is 10.2 Å². The van der Waals surface area contributed by atoms with E-state index in [1.165, 1.54) is 17.7 Å². The molecule has 1 aliphatic carbocycles. The fourth-order valence-electron chi connectivity index (χ4n) is 3.78. The SMILES string of the molecule is CC.N#Cc1cc(-c2nc(-c3cccc4c3CCC4NCCO)no2)ccc1OCC(=O)O. The van der Waals surface area contributed by atoms with Crippen molar-refractivity contribution in [3.8, 4) is 34.7 Å². The van der Waals surface area contributed by atoms with Crippen LogP contribution in [-0.4, -0.2) is 46.1 Å². The molecular formula is C24H26N4O5. The second kappa shape index (κ2) is 11.2. The van der Waals surface area contributed by atoms with Crippen LogP contribution in [0, 0.1) is 11.3 Å². The van der Waals surface area contributed by atoms with Crippen LogP contribution >= 0.6 is 0 Å². The third-order valence-corrected chi connectivity index (χ3v) is 5.14. The number of hydrogen-bond acceptors (Lipinski definition) is 8. The number of hydrogen-bond donors (Lipinski definition) is 3. The normalized spacial score (nSPS) is 14.1. The molecule has 0 spiro atoms. The molecule has 2 aromatic carbocycles. The van der Waals surface area contributed by atoms with Gasteiger partial charge < -0.3 is 24.8 Å². The van der Waals surface area contributed by atoms with E-state index in [2.05, 4.69) is 21.5 Å². The highest BCUT2D eigenvalue weighted by Gasteiger charge is 2.26. The van der Waals surface area contributed by atoms with Gasteiger partial charge in [0.2, 0.25) is 5.82 Å². The van der Waals surface area contributed by atoms with Crippen molar-refractivity contribution in [1.29, 1.82) is 5.26 Å². The molecule has 33 heavy (non-hydrogen) atoms. The molecule has 9 nitrogen and oxygen atoms in total. The fraction of sp³-hybridized carbons (Fsp3) is 0.333. The Bertz CT molecular complexity index is 1150. The van der Waals surface area contributed by atoms with Gasteiger partial charge in [0.25, 0.3) is 5.89 Å². The zero-order valence-electron chi connectivity index (χ0n) is 18.5. The summed E-state index contributed by atoms with van der Waals surface area (Å²) in [7, 11) is 0. The van der Waals surface area contributed by atoms with Crippen molar-refractivity contribution >= 4 is 5.97 Å². The highest BCUT2D eigenvalue weighted by atomic mass is 16.5. The zero-order chi connectivity index (χ0) is 23.8. The summed E-state index contributed by atoms with van der Waals surface area (Å²) < 4.78 is 10.6. The minimum atomic E-state index is -1.13. The van der Waals surface area contributed by atoms with Gasteiger partial charge in [0.05, 0.1) is 12.2 Å². The Labute approximate surface area is 191 Å². The number of ether oxygens (including phenoxy) is 1. The number of aliphatic carboxylic acids is 1. The van der Waals surface area contributed by atoms with Crippen molar-refractivity contribution in [2.45, 2.75) is 32.7 Å². The van der Waals surface area contributed by atoms with E-state index in [1.807, 2.05) is 32.0 Å². The molecule has 0 amide bonds. The van der Waals surface area contributed by atoms with Gasteiger partial charge in [-0.15, -0.1) is 0 Å². The van der Waals surface area contributed by atoms with Crippen molar-refractivity contribution in [2.24, 2.45) is 0 Å². The maximum Gasteiger partial charge on any atom is 0.341 e. The lowest BCUT2D eigenvalue weighted by Crippen LogP contribution is -2.22. The van der Waals surface area contributed by atoms with Gasteiger partial charge >= 0.3 is 5.97 Å². The van der Waals surface area contributed by atoms with Crippen LogP contribution in [0.5, 0.6) is 5.75 Å². The van der Waals surface area contributed by atoms with Crippen LogP contribution in [0.25, 0.3) is 22.8 Å². The van der Waals surface area contributed by atoms with E-state index in [0.717, 1.165) is 24.0 Å². The molecule has 1 atom stereocenters. The van der Waals surface area contributed by atoms with Gasteiger partial charge in [-0.25, -0.2) is 4.79 Å². The number of nitrogens with zero attached hydrogens (tertiary/aromatic N) is 3. The molecule has 9 heteroatoms. The summed E-state index contributed by atoms with van der Waals surface area (Å²) in [5.41, 5.74) is 3.93. The topological polar surface area (TPSA) is 142 Å². The van der Waals surface area contributed by atoms with Crippen molar-refractivity contribution in [3.05, 3.63) is 53.1 Å². The number of aromatic nitrogens is 2. The fourth-order valence-corrected chi connectivity index (χ4v) is 3.78. The zero-order valence-corrected chi connectivity index (χ0v) is 18.5. The summed E-state index contributed by atoms with van der Waals surface area (Å²) in [6.07, 6.45) is 1.80. The van der Waals surface area contributed by atoms with Gasteiger partial charge in [0.1, 0.15) is 11.8 Å². The summed E-state index contributed by atoms with van der Waals surface area (Å²) >= 11 is 0. The van der Waals surface area contributed by atoms with E-state index >= 15 is 0 Å². The third-order valence-electron chi connectivity index (χ3n) is 5.14. The average Bonchev–Trinajstić information content (AvgIpc) is 3.50. The van der Waals surface area contributed by atoms with Crippen molar-refractivity contribution in [3.63, 3.8) is 0 Å². The first-order valence-corrected chi connectivity index (χ1v) is 10.8. The van der Waals surface area contributed by atoms with Crippen molar-refractivity contribution in [1.82, 2.24) is 15.5 Å². The lowest BCUT2D eigenvalue weighted by molar-refractivity contribution is -0.139. The van der Waals surface area contributed by atoms with Crippen LogP contribution in [-0.2, 0) is 11.2 Å². The number of carboxylic acids is 1. The number of rotatable bonds is 8. The van der Waals surface area contributed by atoms with E-state index in [9.17, 15) is 10.1 Å². The number of aliphatic hydroxyl groups is 1. The Morgan fingerprint density at radius 1 is 1.33 bits per heavy atom. The number of benzene rings is 2. The number of carboxylic acid groups (broad SMARTS) is 1. The van der Waals surface area contributed by atoms with E-state index in [4.69, 9.17) is 19.5 Å². The Morgan fingerprint density at radius 3 is 2.88 bits per heavy atom. The third kappa shape index (κ3) is 5.37. The first-order chi connectivity index (χ1) is 16.1. The maximum atomic E-state index is 10.7. The van der Waals surface area contributed by atoms with Crippen molar-refractivity contribution < 1.29 is 24.3 Å². The van der Waals surface area contributed by atoms with Crippen LogP contribution in [0.15, 0.2) is 40.9 Å². The lowest BCUT2D eigenvalue weighted by Gasteiger charge is -2.13. The molecular weight excluding hydrogens is 424 g/mol. The van der Waals surface area contributed by atoms with Gasteiger partial charge in [0, 0.05) is 23.7 Å². The number of nitrogens with one attached hydrogen (secondary N) is 1. The number of aliphatic hydroxyl groups excluding tert-OH is 1. The molecule has 0 radical (unpaired) electrons. The van der Waals surface area contributed by atoms with E-state index < -0.39 is 12.6 Å². The Kier molecular flexibility index (Phi) is 8.13. The lowest BCUT2D eigenvalue weighted by atomic mass is 10.0. The minimum Gasteiger partial charge on any atom is -0.481 e. The van der Waals surface area contributed by atoms with Gasteiger partial charge in [-0.3, -0.25) is 0 Å². The molecule has 1 aliphatic rings. The van der Waals surface area contributed by atoms with Gasteiger partial charge in [-0.05, 0) is 42.2 Å². The molecule has 0 saturated carbocycles. The number of fused-ring (bicyclic) bond motifs is 1. The van der Waals surface area contributed by atoms with Crippen LogP contribution in [0.1, 0.15) is 43.0 Å². The molecule has 4 rings (SSSR count). The first-order valence-electron chi connectivity index (χ1n) is 10.8. The molecule has 3 N–H and O–H groups in total. The smallest absolute Gasteiger partial charge is 0.341 e. The molecule has 172 valence electrons. The predicted molar refractivity (Wildman–Crippen MR) is 121 cm³/mol. The van der Waals surface area contributed by atoms with E-state index in [-0.39, 0.29) is 29.9 Å². The molecule has 0 fully saturated rings. The Balaban J connectivity index is 0.00000149. The Morgan fingerprint density at radius 2 is 2.15 bits per heavy atom. The summed E-state index contributed by atoms with van der Waals surface area (Å²) in [5.74, 6) is -0.240. The monoisotopic (exact) mass is 450 g/mol. The number of nitriles is 1. The number of carbonyl (C=O) groups is 1. The summed E-state index contributed by atoms with van der Waals surface area (Å²) in [5, 5.41) is 34.7. The molecule has 0 aliphatic heterocycles. The molecule has 0 bridgehead atoms. The predicted octanol–water partition coefficient (Wildman–Crippen LogP) is 3.33. The largest absolute Gasteiger partial charge is 0.481 e. The second-order valence-corrected chi connectivity index (χ2v) is 7.07. The van der Waals surface area contributed by atoms with E-state index in [0.29, 0.717) is 17.9 Å². The average molecular weight is 450 g/mol. The maximum absolute atomic E-state index is 10.7. The highest BCUT2D eigenvalue weighted by Crippen LogP contribution is 2.37. The standard InChI is InChI=1S/C22H20N4O5.C2H6/c23-11-14-10-13(4-7-19(14)30-12-20(28)29)22-25-21(26-31-22)17-3-1-2-16-15(17)5-6-18(16)24-8-9-27;1-2/h1-4,7,10,18,24,27H,5-6,8-9,12H2,(H,28,29);1-2H3.